The number of hydrogen-bond donors (Lipinski definition) is 0. The van der Waals surface area contributed by atoms with Gasteiger partial charge in [-0.05, 0) is 80.8 Å². The first-order chi connectivity index (χ1) is 28.3. The number of rotatable bonds is 19. The molecule has 314 valence electrons. The Morgan fingerprint density at radius 2 is 1.42 bits per heavy atom. The van der Waals surface area contributed by atoms with Crippen molar-refractivity contribution in [2.45, 2.75) is 76.5 Å². The third kappa shape index (κ3) is 9.33. The predicted octanol–water partition coefficient (Wildman–Crippen LogP) is 8.21. The van der Waals surface area contributed by atoms with Crippen LogP contribution >= 0.6 is 8.53 Å². The molecule has 1 fully saturated rings. The Labute approximate surface area is 349 Å². The second-order valence-electron chi connectivity index (χ2n) is 14.9. The Morgan fingerprint density at radius 3 is 1.97 bits per heavy atom. The van der Waals surface area contributed by atoms with E-state index in [1.807, 2.05) is 84.9 Å². The molecule has 5 aromatic rings. The highest BCUT2D eigenvalue weighted by atomic mass is 32.2. The molecule has 0 aliphatic carbocycles. The number of nitrogens with zero attached hydrogens (tertiary/aromatic N) is 5. The van der Waals surface area contributed by atoms with E-state index in [4.69, 9.17) is 33.0 Å². The number of aromatic nitrogens is 2. The van der Waals surface area contributed by atoms with Crippen molar-refractivity contribution in [3.63, 3.8) is 0 Å². The van der Waals surface area contributed by atoms with Crippen molar-refractivity contribution in [1.82, 2.24) is 17.9 Å². The Bertz CT molecular complexity index is 2230. The van der Waals surface area contributed by atoms with Crippen LogP contribution in [-0.4, -0.2) is 92.2 Å². The number of imidazole rings is 1. The van der Waals surface area contributed by atoms with Crippen LogP contribution in [0.3, 0.4) is 0 Å². The third-order valence-corrected chi connectivity index (χ3v) is 14.2. The van der Waals surface area contributed by atoms with E-state index in [0.717, 1.165) is 21.0 Å². The smallest absolute Gasteiger partial charge is 0.309 e. The molecule has 0 spiro atoms. The summed E-state index contributed by atoms with van der Waals surface area (Å²) in [4.78, 5) is 4.87. The molecule has 4 aromatic carbocycles. The summed E-state index contributed by atoms with van der Waals surface area (Å²) in [5, 5.41) is 9.41. The van der Waals surface area contributed by atoms with Crippen LogP contribution in [0.15, 0.2) is 103 Å². The van der Waals surface area contributed by atoms with Crippen LogP contribution in [-0.2, 0) is 34.3 Å². The van der Waals surface area contributed by atoms with Crippen molar-refractivity contribution in [2.24, 2.45) is 0 Å². The fourth-order valence-electron chi connectivity index (χ4n) is 7.46. The predicted molar refractivity (Wildman–Crippen MR) is 228 cm³/mol. The molecule has 59 heavy (non-hydrogen) atoms. The summed E-state index contributed by atoms with van der Waals surface area (Å²) >= 11 is 0. The lowest BCUT2D eigenvalue weighted by Gasteiger charge is -2.39. The maximum atomic E-state index is 14.0. The first-order valence-electron chi connectivity index (χ1n) is 19.6. The van der Waals surface area contributed by atoms with Gasteiger partial charge in [0.15, 0.2) is 5.82 Å². The number of fused-ring (bicyclic) bond motifs is 1. The van der Waals surface area contributed by atoms with Crippen molar-refractivity contribution >= 4 is 29.8 Å². The molecule has 15 heteroatoms. The molecule has 6 rings (SSSR count). The average Bonchev–Trinajstić information content (AvgIpc) is 3.83. The fourth-order valence-corrected chi connectivity index (χ4v) is 10.3. The molecule has 1 aromatic heterocycles. The number of methoxy groups -OCH3 is 2. The lowest BCUT2D eigenvalue weighted by atomic mass is 9.80. The minimum atomic E-state index is -4.04. The highest BCUT2D eigenvalue weighted by Crippen LogP contribution is 2.51. The number of hydrogen-bond acceptors (Lipinski definition) is 11. The van der Waals surface area contributed by atoms with E-state index in [1.165, 1.54) is 18.1 Å². The molecule has 0 amide bonds. The van der Waals surface area contributed by atoms with Gasteiger partial charge in [0.1, 0.15) is 29.3 Å². The Kier molecular flexibility index (Phi) is 14.4. The molecule has 2 heterocycles. The zero-order chi connectivity index (χ0) is 42.3. The summed E-state index contributed by atoms with van der Waals surface area (Å²) < 4.78 is 71.3. The first kappa shape index (κ1) is 44.1. The third-order valence-electron chi connectivity index (χ3n) is 10.2. The highest BCUT2D eigenvalue weighted by Gasteiger charge is 2.46. The van der Waals surface area contributed by atoms with Crippen molar-refractivity contribution in [3.8, 4) is 17.6 Å². The van der Waals surface area contributed by atoms with Gasteiger partial charge in [0, 0.05) is 32.6 Å². The molecule has 1 aliphatic rings. The SMILES string of the molecule is COc1ccc(C(OC[C@H]2O[C@@H](c3nc4ccccc4n3S(=O)(=O)N(C)C)C[C@@H]2OP(OCCC#N)N(C(C)C)C(C)C)(c2ccccc2)c2ccc(OC)cc2)cc1. The molecule has 1 aliphatic heterocycles. The number of ether oxygens (including phenoxy) is 4. The molecular weight excluding hydrogens is 790 g/mol. The maximum absolute atomic E-state index is 14.0. The number of benzene rings is 4. The van der Waals surface area contributed by atoms with Crippen LogP contribution in [0, 0.1) is 11.3 Å². The van der Waals surface area contributed by atoms with Gasteiger partial charge < -0.3 is 28.0 Å². The summed E-state index contributed by atoms with van der Waals surface area (Å²) in [7, 11) is 0.488. The van der Waals surface area contributed by atoms with E-state index in [1.54, 1.807) is 32.4 Å². The van der Waals surface area contributed by atoms with Gasteiger partial charge >= 0.3 is 10.2 Å². The van der Waals surface area contributed by atoms with E-state index in [9.17, 15) is 13.7 Å². The second kappa shape index (κ2) is 19.3. The van der Waals surface area contributed by atoms with Gasteiger partial charge in [0.25, 0.3) is 8.53 Å². The van der Waals surface area contributed by atoms with E-state index in [0.29, 0.717) is 22.5 Å². The van der Waals surface area contributed by atoms with Crippen molar-refractivity contribution < 1.29 is 36.4 Å². The minimum absolute atomic E-state index is 0.0134. The summed E-state index contributed by atoms with van der Waals surface area (Å²) in [6.07, 6.45) is -1.76. The van der Waals surface area contributed by atoms with Gasteiger partial charge in [-0.3, -0.25) is 0 Å². The molecular formula is C44H54N5O8PS. The van der Waals surface area contributed by atoms with Gasteiger partial charge in [-0.1, -0.05) is 66.7 Å². The topological polar surface area (TPSA) is 138 Å². The molecule has 1 saturated heterocycles. The monoisotopic (exact) mass is 843 g/mol. The minimum Gasteiger partial charge on any atom is -0.497 e. The quantitative estimate of drug-likeness (QED) is 0.0452. The van der Waals surface area contributed by atoms with Crippen LogP contribution < -0.4 is 9.47 Å². The van der Waals surface area contributed by atoms with Gasteiger partial charge in [0.2, 0.25) is 0 Å². The molecule has 1 unspecified atom stereocenters. The Balaban J connectivity index is 1.49. The zero-order valence-electron chi connectivity index (χ0n) is 34.9. The van der Waals surface area contributed by atoms with E-state index in [-0.39, 0.29) is 44.0 Å². The normalized spacial score (nSPS) is 17.9. The van der Waals surface area contributed by atoms with Crippen molar-refractivity contribution in [2.75, 3.05) is 41.5 Å². The summed E-state index contributed by atoms with van der Waals surface area (Å²) in [5.41, 5.74) is 2.34. The lowest BCUT2D eigenvalue weighted by Crippen LogP contribution is -2.39. The largest absolute Gasteiger partial charge is 0.497 e. The number of para-hydroxylation sites is 2. The van der Waals surface area contributed by atoms with Gasteiger partial charge in [0.05, 0.1) is 57.1 Å². The fraction of sp³-hybridized carbons (Fsp3) is 0.409. The van der Waals surface area contributed by atoms with E-state index in [2.05, 4.69) is 38.4 Å². The highest BCUT2D eigenvalue weighted by molar-refractivity contribution is 7.87. The molecule has 0 saturated carbocycles. The van der Waals surface area contributed by atoms with E-state index < -0.39 is 42.6 Å². The zero-order valence-corrected chi connectivity index (χ0v) is 36.6. The summed E-state index contributed by atoms with van der Waals surface area (Å²) in [6.45, 7) is 8.50. The van der Waals surface area contributed by atoms with Gasteiger partial charge in [-0.15, -0.1) is 0 Å². The summed E-state index contributed by atoms with van der Waals surface area (Å²) in [6, 6.07) is 34.9. The Morgan fingerprint density at radius 1 is 0.864 bits per heavy atom. The molecule has 4 atom stereocenters. The molecule has 0 N–H and O–H groups in total. The average molecular weight is 844 g/mol. The molecule has 0 radical (unpaired) electrons. The van der Waals surface area contributed by atoms with Crippen LogP contribution in [0.4, 0.5) is 0 Å². The van der Waals surface area contributed by atoms with Crippen LogP contribution in [0.2, 0.25) is 0 Å². The number of nitriles is 1. The van der Waals surface area contributed by atoms with Crippen molar-refractivity contribution in [1.29, 1.82) is 5.26 Å². The Hall–Kier alpha value is -4.42. The van der Waals surface area contributed by atoms with Gasteiger partial charge in [-0.2, -0.15) is 18.0 Å². The first-order valence-corrected chi connectivity index (χ1v) is 22.2. The van der Waals surface area contributed by atoms with Gasteiger partial charge in [-0.25, -0.2) is 13.6 Å². The van der Waals surface area contributed by atoms with Crippen molar-refractivity contribution in [3.05, 3.63) is 126 Å². The van der Waals surface area contributed by atoms with Crippen LogP contribution in [0.25, 0.3) is 11.0 Å². The summed E-state index contributed by atoms with van der Waals surface area (Å²) in [5.74, 6) is 1.62. The second-order valence-corrected chi connectivity index (χ2v) is 18.3. The van der Waals surface area contributed by atoms with Crippen LogP contribution in [0.1, 0.15) is 69.2 Å². The molecule has 13 nitrogen and oxygen atoms in total. The lowest BCUT2D eigenvalue weighted by molar-refractivity contribution is -0.0816. The standard InChI is InChI=1S/C44H54N5O8PS/c1-31(2)48(32(3)4)58(55-28-14-27-45)57-40-29-41(43-46-38-17-12-13-18-39(38)49(43)59(50,51)47(5)6)56-42(40)30-54-44(33-15-10-9-11-16-33,34-19-23-36(52-7)24-20-34)35-21-25-37(53-8)26-22-35/h9-13,15-26,31-32,40-42H,14,28-30H2,1-8H3/t40-,41+,42+,58?/m0/s1. The molecule has 0 bridgehead atoms. The van der Waals surface area contributed by atoms with Crippen LogP contribution in [0.5, 0.6) is 11.5 Å². The van der Waals surface area contributed by atoms with E-state index >= 15 is 0 Å². The maximum Gasteiger partial charge on any atom is 0.309 e.